The maximum Gasteiger partial charge on any atom is 0.238 e. The molecule has 3 aromatic carbocycles. The number of ketones is 2. The predicted molar refractivity (Wildman–Crippen MR) is 161 cm³/mol. The molecule has 0 radical (unpaired) electrons. The Morgan fingerprint density at radius 1 is 0.909 bits per heavy atom. The average Bonchev–Trinajstić information content (AvgIpc) is 3.57. The van der Waals surface area contributed by atoms with Gasteiger partial charge in [-0.05, 0) is 85.9 Å². The molecule has 2 heterocycles. The van der Waals surface area contributed by atoms with Crippen LogP contribution in [0.2, 0.25) is 0 Å². The molecular formula is C36H26N2O6. The molecule has 4 aromatic rings. The molecule has 1 N–H and O–H groups in total. The molecule has 1 fully saturated rings. The summed E-state index contributed by atoms with van der Waals surface area (Å²) < 4.78 is 5.88. The summed E-state index contributed by atoms with van der Waals surface area (Å²) in [6.45, 7) is 1.62. The summed E-state index contributed by atoms with van der Waals surface area (Å²) in [4.78, 5) is 60.6. The van der Waals surface area contributed by atoms with E-state index in [0.717, 1.165) is 16.7 Å². The van der Waals surface area contributed by atoms with Gasteiger partial charge in [-0.2, -0.15) is 0 Å². The standard InChI is InChI=1S/C36H26N2O6/c1-18-15-28(40)32-26(33(18)41)17-25-23(30(32)20-5-4-6-22(39)16-20)13-14-24-31(25)36(43)38(35(24)42)21-11-9-19(10-12-21)34-37-27-7-2-3-8-29(27)44-34/h2-13,15-16,24-25,30-31,39H,14,17H2,1H3. The van der Waals surface area contributed by atoms with Crippen LogP contribution >= 0.6 is 0 Å². The predicted octanol–water partition coefficient (Wildman–Crippen LogP) is 5.83. The molecule has 0 saturated carbocycles. The van der Waals surface area contributed by atoms with E-state index in [2.05, 4.69) is 4.98 Å². The van der Waals surface area contributed by atoms with Gasteiger partial charge in [-0.1, -0.05) is 35.9 Å². The van der Waals surface area contributed by atoms with E-state index in [1.54, 1.807) is 49.4 Å². The first-order chi connectivity index (χ1) is 21.3. The molecule has 8 nitrogen and oxygen atoms in total. The summed E-state index contributed by atoms with van der Waals surface area (Å²) >= 11 is 0. The Bertz CT molecular complexity index is 2010. The van der Waals surface area contributed by atoms with Gasteiger partial charge < -0.3 is 9.52 Å². The quantitative estimate of drug-likeness (QED) is 0.183. The van der Waals surface area contributed by atoms with Gasteiger partial charge in [0.2, 0.25) is 17.7 Å². The number of imide groups is 1. The Hall–Kier alpha value is -5.37. The number of hydrogen-bond acceptors (Lipinski definition) is 7. The molecular weight excluding hydrogens is 556 g/mol. The second-order valence-electron chi connectivity index (χ2n) is 11.9. The maximum absolute atomic E-state index is 14.2. The monoisotopic (exact) mass is 582 g/mol. The summed E-state index contributed by atoms with van der Waals surface area (Å²) in [6, 6.07) is 21.1. The van der Waals surface area contributed by atoms with Gasteiger partial charge in [0.15, 0.2) is 17.1 Å². The van der Waals surface area contributed by atoms with Gasteiger partial charge in [-0.25, -0.2) is 4.98 Å². The second-order valence-corrected chi connectivity index (χ2v) is 11.9. The number of aromatic hydroxyl groups is 1. The van der Waals surface area contributed by atoms with E-state index in [0.29, 0.717) is 45.9 Å². The fourth-order valence-electron chi connectivity index (χ4n) is 7.47. The maximum atomic E-state index is 14.2. The number of carbonyl (C=O) groups excluding carboxylic acids is 4. The number of hydrogen-bond donors (Lipinski definition) is 1. The van der Waals surface area contributed by atoms with Crippen molar-refractivity contribution in [1.82, 2.24) is 4.98 Å². The minimum absolute atomic E-state index is 0.0435. The molecule has 4 atom stereocenters. The summed E-state index contributed by atoms with van der Waals surface area (Å²) in [5.41, 5.74) is 5.25. The van der Waals surface area contributed by atoms with Crippen molar-refractivity contribution in [2.75, 3.05) is 4.90 Å². The normalized spacial score (nSPS) is 24.7. The molecule has 4 aliphatic rings. The van der Waals surface area contributed by atoms with Crippen molar-refractivity contribution in [3.05, 3.63) is 113 Å². The lowest BCUT2D eigenvalue weighted by molar-refractivity contribution is -0.123. The van der Waals surface area contributed by atoms with E-state index in [-0.39, 0.29) is 35.6 Å². The number of phenolic OH excluding ortho intramolecular Hbond substituents is 1. The number of para-hydroxylation sites is 2. The minimum atomic E-state index is -0.679. The summed E-state index contributed by atoms with van der Waals surface area (Å²) in [5.74, 6) is -2.84. The first kappa shape index (κ1) is 26.3. The van der Waals surface area contributed by atoms with Crippen LogP contribution in [0.1, 0.15) is 31.2 Å². The molecule has 216 valence electrons. The van der Waals surface area contributed by atoms with Crippen LogP contribution in [0.5, 0.6) is 5.75 Å². The lowest BCUT2D eigenvalue weighted by Crippen LogP contribution is -2.39. The molecule has 1 aliphatic heterocycles. The summed E-state index contributed by atoms with van der Waals surface area (Å²) in [6.07, 6.45) is 3.89. The Balaban J connectivity index is 1.16. The van der Waals surface area contributed by atoms with Crippen molar-refractivity contribution < 1.29 is 28.7 Å². The number of rotatable bonds is 3. The van der Waals surface area contributed by atoms with Crippen molar-refractivity contribution in [1.29, 1.82) is 0 Å². The summed E-state index contributed by atoms with van der Waals surface area (Å²) in [5, 5.41) is 10.3. The van der Waals surface area contributed by atoms with Gasteiger partial charge >= 0.3 is 0 Å². The zero-order chi connectivity index (χ0) is 30.3. The number of oxazole rings is 1. The molecule has 8 heteroatoms. The van der Waals surface area contributed by atoms with Crippen molar-refractivity contribution in [3.8, 4) is 17.2 Å². The van der Waals surface area contributed by atoms with E-state index in [9.17, 15) is 24.3 Å². The fourth-order valence-corrected chi connectivity index (χ4v) is 7.47. The number of anilines is 1. The Morgan fingerprint density at radius 3 is 2.48 bits per heavy atom. The highest BCUT2D eigenvalue weighted by atomic mass is 16.3. The number of amides is 2. The molecule has 1 saturated heterocycles. The molecule has 4 unspecified atom stereocenters. The lowest BCUT2D eigenvalue weighted by Gasteiger charge is -2.42. The van der Waals surface area contributed by atoms with Crippen LogP contribution in [0.4, 0.5) is 5.69 Å². The van der Waals surface area contributed by atoms with E-state index in [1.165, 1.54) is 11.0 Å². The largest absolute Gasteiger partial charge is 0.508 e. The van der Waals surface area contributed by atoms with Gasteiger partial charge in [0, 0.05) is 28.2 Å². The average molecular weight is 583 g/mol. The first-order valence-corrected chi connectivity index (χ1v) is 14.6. The molecule has 44 heavy (non-hydrogen) atoms. The molecule has 2 amide bonds. The van der Waals surface area contributed by atoms with Crippen LogP contribution in [0.3, 0.4) is 0 Å². The zero-order valence-corrected chi connectivity index (χ0v) is 23.7. The zero-order valence-electron chi connectivity index (χ0n) is 23.7. The van der Waals surface area contributed by atoms with Gasteiger partial charge in [-0.3, -0.25) is 24.1 Å². The Labute approximate surface area is 252 Å². The third kappa shape index (κ3) is 3.80. The van der Waals surface area contributed by atoms with Crippen LogP contribution in [0.15, 0.2) is 112 Å². The van der Waals surface area contributed by atoms with Crippen LogP contribution in [-0.4, -0.2) is 33.5 Å². The Morgan fingerprint density at radius 2 is 1.70 bits per heavy atom. The van der Waals surface area contributed by atoms with Crippen molar-refractivity contribution >= 4 is 40.2 Å². The van der Waals surface area contributed by atoms with E-state index < -0.39 is 23.7 Å². The van der Waals surface area contributed by atoms with Crippen molar-refractivity contribution in [2.24, 2.45) is 17.8 Å². The number of Topliss-reactive ketones (excluding diaryl/α,β-unsaturated/α-hetero) is 1. The lowest BCUT2D eigenvalue weighted by atomic mass is 9.59. The number of phenols is 1. The number of benzene rings is 3. The van der Waals surface area contributed by atoms with Crippen LogP contribution in [0.25, 0.3) is 22.6 Å². The number of fused-ring (bicyclic) bond motifs is 4. The third-order valence-electron chi connectivity index (χ3n) is 9.43. The van der Waals surface area contributed by atoms with Crippen LogP contribution < -0.4 is 4.90 Å². The summed E-state index contributed by atoms with van der Waals surface area (Å²) in [7, 11) is 0. The second kappa shape index (κ2) is 9.57. The Kier molecular flexibility index (Phi) is 5.71. The first-order valence-electron chi connectivity index (χ1n) is 14.6. The highest BCUT2D eigenvalue weighted by Gasteiger charge is 2.56. The van der Waals surface area contributed by atoms with Gasteiger partial charge in [-0.15, -0.1) is 0 Å². The van der Waals surface area contributed by atoms with Crippen molar-refractivity contribution in [2.45, 2.75) is 25.7 Å². The number of nitrogens with zero attached hydrogens (tertiary/aromatic N) is 2. The number of allylic oxidation sites excluding steroid dienone is 6. The van der Waals surface area contributed by atoms with E-state index in [4.69, 9.17) is 4.42 Å². The molecule has 0 spiro atoms. The van der Waals surface area contributed by atoms with Crippen LogP contribution in [-0.2, 0) is 19.2 Å². The van der Waals surface area contributed by atoms with Crippen molar-refractivity contribution in [3.63, 3.8) is 0 Å². The molecule has 0 bridgehead atoms. The highest BCUT2D eigenvalue weighted by molar-refractivity contribution is 6.25. The topological polar surface area (TPSA) is 118 Å². The number of aromatic nitrogens is 1. The smallest absolute Gasteiger partial charge is 0.238 e. The minimum Gasteiger partial charge on any atom is -0.508 e. The van der Waals surface area contributed by atoms with Gasteiger partial charge in [0.05, 0.1) is 17.5 Å². The number of carbonyl (C=O) groups is 4. The van der Waals surface area contributed by atoms with E-state index in [1.807, 2.05) is 36.4 Å². The van der Waals surface area contributed by atoms with Gasteiger partial charge in [0.1, 0.15) is 11.3 Å². The third-order valence-corrected chi connectivity index (χ3v) is 9.43. The van der Waals surface area contributed by atoms with Gasteiger partial charge in [0.25, 0.3) is 0 Å². The fraction of sp³-hybridized carbons (Fsp3) is 0.194. The highest BCUT2D eigenvalue weighted by Crippen LogP contribution is 2.55. The molecule has 1 aromatic heterocycles. The van der Waals surface area contributed by atoms with E-state index >= 15 is 0 Å². The van der Waals surface area contributed by atoms with Crippen LogP contribution in [0, 0.1) is 17.8 Å². The SMILES string of the molecule is CC1=CC(=O)C2=C(CC3C(=CCC4C(=O)N(c5ccc(-c6nc7ccccc7o6)cc5)C(=O)C43)C2c2cccc(O)c2)C1=O. The molecule has 3 aliphatic carbocycles. The molecule has 8 rings (SSSR count).